The molecule has 0 radical (unpaired) electrons. The van der Waals surface area contributed by atoms with Crippen molar-refractivity contribution in [2.24, 2.45) is 0 Å². The van der Waals surface area contributed by atoms with E-state index in [9.17, 15) is 9.18 Å². The van der Waals surface area contributed by atoms with E-state index in [1.54, 1.807) is 41.3 Å². The third kappa shape index (κ3) is 4.90. The highest BCUT2D eigenvalue weighted by atomic mass is 79.9. The van der Waals surface area contributed by atoms with Crippen LogP contribution in [-0.4, -0.2) is 10.9 Å². The Morgan fingerprint density at radius 3 is 2.68 bits per heavy atom. The van der Waals surface area contributed by atoms with Crippen molar-refractivity contribution in [3.8, 4) is 0 Å². The molecule has 3 nitrogen and oxygen atoms in total. The number of hydrogen-bond donors (Lipinski definition) is 1. The number of halogens is 2. The Balaban J connectivity index is 1.62. The van der Waals surface area contributed by atoms with Gasteiger partial charge in [0.25, 0.3) is 5.91 Å². The number of nitrogens with one attached hydrogen (secondary N) is 1. The van der Waals surface area contributed by atoms with Crippen molar-refractivity contribution in [3.63, 3.8) is 0 Å². The number of aryl methyl sites for hydroxylation is 1. The molecule has 3 aromatic rings. The summed E-state index contributed by atoms with van der Waals surface area (Å²) in [6.45, 7) is 1.99. The second-order valence-corrected chi connectivity index (χ2v) is 8.28. The monoisotopic (exact) mass is 436 g/mol. The average Bonchev–Trinajstić information content (AvgIpc) is 3.01. The normalized spacial score (nSPS) is 10.7. The van der Waals surface area contributed by atoms with E-state index in [4.69, 9.17) is 0 Å². The van der Waals surface area contributed by atoms with Crippen LogP contribution >= 0.6 is 39.0 Å². The molecule has 0 aliphatic rings. The number of nitrogens with zero attached hydrogens (tertiary/aromatic N) is 1. The molecule has 7 heteroatoms. The van der Waals surface area contributed by atoms with Gasteiger partial charge in [0.2, 0.25) is 0 Å². The van der Waals surface area contributed by atoms with Crippen molar-refractivity contribution in [1.29, 1.82) is 0 Å². The minimum atomic E-state index is -0.478. The average molecular weight is 437 g/mol. The third-order valence-corrected chi connectivity index (χ3v) is 5.71. The second-order valence-electron chi connectivity index (χ2n) is 5.25. The number of carbonyl (C=O) groups excluding carboxylic acids is 1. The third-order valence-electron chi connectivity index (χ3n) is 3.35. The van der Waals surface area contributed by atoms with Crippen molar-refractivity contribution < 1.29 is 9.18 Å². The molecule has 0 saturated heterocycles. The molecule has 128 valence electrons. The molecule has 0 aliphatic heterocycles. The number of hydrogen-bond acceptors (Lipinski definition) is 4. The van der Waals surface area contributed by atoms with Crippen molar-refractivity contribution in [2.45, 2.75) is 17.6 Å². The lowest BCUT2D eigenvalue weighted by Gasteiger charge is -2.07. The van der Waals surface area contributed by atoms with E-state index in [1.807, 2.05) is 19.1 Å². The Hall–Kier alpha value is -1.70. The molecule has 1 heterocycles. The summed E-state index contributed by atoms with van der Waals surface area (Å²) < 4.78 is 14.4. The number of thiazole rings is 1. The summed E-state index contributed by atoms with van der Waals surface area (Å²) in [5.74, 6) is -0.0265. The summed E-state index contributed by atoms with van der Waals surface area (Å²) in [5, 5.41) is 5.69. The van der Waals surface area contributed by atoms with Gasteiger partial charge in [-0.15, -0.1) is 23.1 Å². The Morgan fingerprint density at radius 2 is 2.04 bits per heavy atom. The summed E-state index contributed by atoms with van der Waals surface area (Å²) in [5.41, 5.74) is 1.70. The van der Waals surface area contributed by atoms with Gasteiger partial charge >= 0.3 is 0 Å². The SMILES string of the molecule is Cc1nc(CSc2ccc(C(=O)Nc3ccc(Br)cc3F)cc2)cs1. The van der Waals surface area contributed by atoms with Crippen LogP contribution < -0.4 is 5.32 Å². The van der Waals surface area contributed by atoms with Gasteiger partial charge in [-0.05, 0) is 49.4 Å². The van der Waals surface area contributed by atoms with Crippen molar-refractivity contribution >= 4 is 50.6 Å². The van der Waals surface area contributed by atoms with E-state index in [2.05, 4.69) is 31.6 Å². The predicted molar refractivity (Wildman–Crippen MR) is 105 cm³/mol. The summed E-state index contributed by atoms with van der Waals surface area (Å²) in [6, 6.07) is 11.8. The van der Waals surface area contributed by atoms with Crippen LogP contribution in [0.3, 0.4) is 0 Å². The molecular formula is C18H14BrFN2OS2. The lowest BCUT2D eigenvalue weighted by Crippen LogP contribution is -2.12. The molecule has 25 heavy (non-hydrogen) atoms. The molecule has 2 aromatic carbocycles. The zero-order valence-corrected chi connectivity index (χ0v) is 16.5. The van der Waals surface area contributed by atoms with Crippen LogP contribution in [0, 0.1) is 12.7 Å². The number of aromatic nitrogens is 1. The van der Waals surface area contributed by atoms with Crippen LogP contribution in [0.1, 0.15) is 21.1 Å². The first-order valence-corrected chi connectivity index (χ1v) is 10.1. The highest BCUT2D eigenvalue weighted by molar-refractivity contribution is 9.10. The maximum absolute atomic E-state index is 13.8. The van der Waals surface area contributed by atoms with Crippen LogP contribution in [0.2, 0.25) is 0 Å². The summed E-state index contributed by atoms with van der Waals surface area (Å²) in [4.78, 5) is 17.7. The molecule has 0 saturated carbocycles. The number of carbonyl (C=O) groups is 1. The van der Waals surface area contributed by atoms with Crippen molar-refractivity contribution in [3.05, 3.63) is 74.4 Å². The molecule has 1 amide bonds. The zero-order valence-electron chi connectivity index (χ0n) is 13.3. The van der Waals surface area contributed by atoms with E-state index < -0.39 is 5.82 Å². The van der Waals surface area contributed by atoms with E-state index in [-0.39, 0.29) is 11.6 Å². The number of benzene rings is 2. The topological polar surface area (TPSA) is 42.0 Å². The van der Waals surface area contributed by atoms with Crippen molar-refractivity contribution in [2.75, 3.05) is 5.32 Å². The summed E-state index contributed by atoms with van der Waals surface area (Å²) >= 11 is 6.49. The lowest BCUT2D eigenvalue weighted by molar-refractivity contribution is 0.102. The molecule has 0 atom stereocenters. The molecule has 1 N–H and O–H groups in total. The first-order valence-electron chi connectivity index (χ1n) is 7.41. The number of amides is 1. The first kappa shape index (κ1) is 18.1. The maximum Gasteiger partial charge on any atom is 0.255 e. The van der Waals surface area contributed by atoms with Crippen LogP contribution in [0.15, 0.2) is 57.2 Å². The van der Waals surface area contributed by atoms with Crippen LogP contribution in [0.5, 0.6) is 0 Å². The Labute approximate surface area is 161 Å². The molecule has 0 spiro atoms. The van der Waals surface area contributed by atoms with Crippen LogP contribution in [-0.2, 0) is 5.75 Å². The molecule has 0 unspecified atom stereocenters. The van der Waals surface area contributed by atoms with Gasteiger partial charge in [-0.1, -0.05) is 15.9 Å². The fourth-order valence-corrected chi connectivity index (χ4v) is 3.96. The zero-order chi connectivity index (χ0) is 17.8. The van der Waals surface area contributed by atoms with E-state index >= 15 is 0 Å². The lowest BCUT2D eigenvalue weighted by atomic mass is 10.2. The molecule has 1 aromatic heterocycles. The fourth-order valence-electron chi connectivity index (χ4n) is 2.12. The second kappa shape index (κ2) is 8.12. The van der Waals surface area contributed by atoms with E-state index in [0.29, 0.717) is 10.0 Å². The Morgan fingerprint density at radius 1 is 1.28 bits per heavy atom. The van der Waals surface area contributed by atoms with E-state index in [0.717, 1.165) is 21.3 Å². The Bertz CT molecular complexity index is 896. The smallest absolute Gasteiger partial charge is 0.255 e. The van der Waals surface area contributed by atoms with E-state index in [1.165, 1.54) is 12.1 Å². The largest absolute Gasteiger partial charge is 0.319 e. The van der Waals surface area contributed by atoms with Gasteiger partial charge in [-0.3, -0.25) is 4.79 Å². The fraction of sp³-hybridized carbons (Fsp3) is 0.111. The minimum absolute atomic E-state index is 0.158. The number of thioether (sulfide) groups is 1. The van der Waals surface area contributed by atoms with Gasteiger partial charge < -0.3 is 5.32 Å². The minimum Gasteiger partial charge on any atom is -0.319 e. The number of rotatable bonds is 5. The summed E-state index contributed by atoms with van der Waals surface area (Å²) in [6.07, 6.45) is 0. The molecule has 0 aliphatic carbocycles. The summed E-state index contributed by atoms with van der Waals surface area (Å²) in [7, 11) is 0. The van der Waals surface area contributed by atoms with Gasteiger partial charge in [0.1, 0.15) is 5.82 Å². The van der Waals surface area contributed by atoms with Crippen molar-refractivity contribution in [1.82, 2.24) is 4.98 Å². The standard InChI is InChI=1S/C18H14BrFN2OS2/c1-11-21-14(9-24-11)10-25-15-5-2-12(3-6-15)18(23)22-17-7-4-13(19)8-16(17)20/h2-9H,10H2,1H3,(H,22,23). The molecule has 3 rings (SSSR count). The molecule has 0 fully saturated rings. The molecular weight excluding hydrogens is 423 g/mol. The quantitative estimate of drug-likeness (QED) is 0.506. The van der Waals surface area contributed by atoms with Crippen LogP contribution in [0.25, 0.3) is 0 Å². The predicted octanol–water partition coefficient (Wildman–Crippen LogP) is 5.90. The van der Waals surface area contributed by atoms with Crippen LogP contribution in [0.4, 0.5) is 10.1 Å². The van der Waals surface area contributed by atoms with Gasteiger partial charge in [-0.25, -0.2) is 9.37 Å². The Kier molecular flexibility index (Phi) is 5.88. The highest BCUT2D eigenvalue weighted by Gasteiger charge is 2.10. The molecule has 0 bridgehead atoms. The maximum atomic E-state index is 13.8. The van der Waals surface area contributed by atoms with Gasteiger partial charge in [0.15, 0.2) is 0 Å². The van der Waals surface area contributed by atoms with Gasteiger partial charge in [0.05, 0.1) is 16.4 Å². The number of anilines is 1. The first-order chi connectivity index (χ1) is 12.0. The van der Waals surface area contributed by atoms with Gasteiger partial charge in [-0.2, -0.15) is 0 Å². The van der Waals surface area contributed by atoms with Gasteiger partial charge in [0, 0.05) is 26.1 Å². The highest BCUT2D eigenvalue weighted by Crippen LogP contribution is 2.24.